The van der Waals surface area contributed by atoms with Crippen molar-refractivity contribution in [2.75, 3.05) is 45.2 Å². The number of ether oxygens (including phenoxy) is 2. The van der Waals surface area contributed by atoms with Crippen molar-refractivity contribution in [1.29, 1.82) is 0 Å². The molecule has 0 aliphatic carbocycles. The number of rotatable bonds is 7. The first-order chi connectivity index (χ1) is 16.2. The monoisotopic (exact) mass is 442 g/mol. The highest BCUT2D eigenvalue weighted by atomic mass is 16.5. The number of hydrogen-bond acceptors (Lipinski definition) is 6. The highest BCUT2D eigenvalue weighted by Gasteiger charge is 2.13. The van der Waals surface area contributed by atoms with Crippen molar-refractivity contribution in [2.24, 2.45) is 0 Å². The van der Waals surface area contributed by atoms with Crippen LogP contribution in [0.3, 0.4) is 0 Å². The maximum atomic E-state index is 6.23. The Morgan fingerprint density at radius 1 is 1.03 bits per heavy atom. The lowest BCUT2D eigenvalue weighted by atomic mass is 9.97. The fraction of sp³-hybridized carbons (Fsp3) is 0.333. The normalized spacial score (nSPS) is 14.7. The largest absolute Gasteiger partial charge is 0.492 e. The fourth-order valence-corrected chi connectivity index (χ4v) is 4.60. The van der Waals surface area contributed by atoms with E-state index in [2.05, 4.69) is 52.1 Å². The zero-order chi connectivity index (χ0) is 22.6. The van der Waals surface area contributed by atoms with E-state index < -0.39 is 0 Å². The minimum Gasteiger partial charge on any atom is -0.492 e. The van der Waals surface area contributed by atoms with Crippen molar-refractivity contribution < 1.29 is 9.47 Å². The number of pyridine rings is 2. The van der Waals surface area contributed by atoms with Gasteiger partial charge in [-0.15, -0.1) is 0 Å². The minimum atomic E-state index is 0.486. The molecule has 0 saturated carbocycles. The number of benzene rings is 2. The number of fused-ring (bicyclic) bond motifs is 3. The predicted octanol–water partition coefficient (Wildman–Crippen LogP) is 4.17. The number of para-hydroxylation sites is 1. The first kappa shape index (κ1) is 21.6. The lowest BCUT2D eigenvalue weighted by Crippen LogP contribution is -2.38. The molecule has 1 fully saturated rings. The van der Waals surface area contributed by atoms with E-state index >= 15 is 0 Å². The van der Waals surface area contributed by atoms with Crippen LogP contribution in [0.2, 0.25) is 0 Å². The molecule has 2 N–H and O–H groups in total. The third kappa shape index (κ3) is 4.77. The third-order valence-corrected chi connectivity index (χ3v) is 6.45. The first-order valence-electron chi connectivity index (χ1n) is 11.6. The van der Waals surface area contributed by atoms with Crippen LogP contribution in [-0.2, 0) is 17.6 Å². The second kappa shape index (κ2) is 9.73. The van der Waals surface area contributed by atoms with Crippen LogP contribution < -0.4 is 10.5 Å². The van der Waals surface area contributed by atoms with Crippen molar-refractivity contribution >= 4 is 27.6 Å². The molecule has 2 aromatic carbocycles. The van der Waals surface area contributed by atoms with E-state index in [1.165, 1.54) is 16.7 Å². The highest BCUT2D eigenvalue weighted by Crippen LogP contribution is 2.30. The second-order valence-electron chi connectivity index (χ2n) is 8.60. The summed E-state index contributed by atoms with van der Waals surface area (Å²) in [5.41, 5.74) is 11.7. The van der Waals surface area contributed by atoms with Crippen molar-refractivity contribution in [2.45, 2.75) is 19.8 Å². The van der Waals surface area contributed by atoms with Gasteiger partial charge in [-0.1, -0.05) is 24.3 Å². The summed E-state index contributed by atoms with van der Waals surface area (Å²) in [5.74, 6) is 1.42. The smallest absolute Gasteiger partial charge is 0.150 e. The summed E-state index contributed by atoms with van der Waals surface area (Å²) < 4.78 is 11.4. The Hall–Kier alpha value is -3.22. The minimum absolute atomic E-state index is 0.486. The quantitative estimate of drug-likeness (QED) is 0.433. The molecule has 1 saturated heterocycles. The van der Waals surface area contributed by atoms with E-state index in [0.29, 0.717) is 12.4 Å². The molecule has 3 heterocycles. The summed E-state index contributed by atoms with van der Waals surface area (Å²) in [6.45, 7) is 7.41. The number of aromatic nitrogens is 2. The van der Waals surface area contributed by atoms with Crippen LogP contribution in [0.15, 0.2) is 54.7 Å². The molecule has 4 aromatic rings. The number of anilines is 1. The predicted molar refractivity (Wildman–Crippen MR) is 133 cm³/mol. The van der Waals surface area contributed by atoms with Crippen molar-refractivity contribution in [3.8, 4) is 5.75 Å². The Kier molecular flexibility index (Phi) is 6.37. The number of aryl methyl sites for hydroxylation is 3. The summed E-state index contributed by atoms with van der Waals surface area (Å²) in [5, 5.41) is 2.21. The summed E-state index contributed by atoms with van der Waals surface area (Å²) in [6.07, 6.45) is 3.68. The average Bonchev–Trinajstić information content (AvgIpc) is 2.84. The van der Waals surface area contributed by atoms with Gasteiger partial charge in [-0.3, -0.25) is 9.88 Å². The number of hydrogen-bond donors (Lipinski definition) is 1. The van der Waals surface area contributed by atoms with Crippen molar-refractivity contribution in [3.63, 3.8) is 0 Å². The molecule has 1 aliphatic heterocycles. The van der Waals surface area contributed by atoms with E-state index in [-0.39, 0.29) is 0 Å². The van der Waals surface area contributed by atoms with E-state index in [0.717, 1.165) is 73.2 Å². The first-order valence-corrected chi connectivity index (χ1v) is 11.6. The maximum Gasteiger partial charge on any atom is 0.150 e. The standard InChI is InChI=1S/C27H30N4O2/c1-19-18-22(33-17-14-31-12-15-32-16-13-31)9-8-20(19)6-7-21-10-11-29-26-25(21)23-4-2-3-5-24(23)30-27(26)28/h2-5,8-11,18H,6-7,12-17H2,1H3,(H2,28,30). The molecule has 0 spiro atoms. The van der Waals surface area contributed by atoms with Crippen LogP contribution in [0.4, 0.5) is 5.82 Å². The number of nitrogen functional groups attached to an aromatic ring is 1. The second-order valence-corrected chi connectivity index (χ2v) is 8.60. The summed E-state index contributed by atoms with van der Waals surface area (Å²) in [7, 11) is 0. The fourth-order valence-electron chi connectivity index (χ4n) is 4.60. The Balaban J connectivity index is 1.29. The third-order valence-electron chi connectivity index (χ3n) is 6.45. The Labute approximate surface area is 194 Å². The Morgan fingerprint density at radius 3 is 2.70 bits per heavy atom. The van der Waals surface area contributed by atoms with Crippen molar-refractivity contribution in [1.82, 2.24) is 14.9 Å². The molecule has 1 aliphatic rings. The van der Waals surface area contributed by atoms with Gasteiger partial charge in [0.05, 0.1) is 18.7 Å². The van der Waals surface area contributed by atoms with Crippen LogP contribution >= 0.6 is 0 Å². The van der Waals surface area contributed by atoms with Gasteiger partial charge in [0.1, 0.15) is 17.9 Å². The van der Waals surface area contributed by atoms with Crippen molar-refractivity contribution in [3.05, 3.63) is 71.4 Å². The van der Waals surface area contributed by atoms with E-state index in [9.17, 15) is 0 Å². The lowest BCUT2D eigenvalue weighted by Gasteiger charge is -2.26. The molecule has 0 bridgehead atoms. The highest BCUT2D eigenvalue weighted by molar-refractivity contribution is 6.09. The van der Waals surface area contributed by atoms with Crippen LogP contribution in [0.1, 0.15) is 16.7 Å². The summed E-state index contributed by atoms with van der Waals surface area (Å²) in [6, 6.07) is 16.7. The van der Waals surface area contributed by atoms with Crippen LogP contribution in [0.5, 0.6) is 5.75 Å². The van der Waals surface area contributed by atoms with Crippen LogP contribution in [-0.4, -0.2) is 54.3 Å². The number of nitrogens with two attached hydrogens (primary N) is 1. The molecule has 33 heavy (non-hydrogen) atoms. The molecule has 2 aromatic heterocycles. The topological polar surface area (TPSA) is 73.5 Å². The molecule has 0 amide bonds. The van der Waals surface area contributed by atoms with Gasteiger partial charge in [0, 0.05) is 36.6 Å². The summed E-state index contributed by atoms with van der Waals surface area (Å²) in [4.78, 5) is 11.4. The maximum absolute atomic E-state index is 6.23. The molecule has 170 valence electrons. The zero-order valence-electron chi connectivity index (χ0n) is 19.1. The van der Waals surface area contributed by atoms with E-state index in [1.54, 1.807) is 0 Å². The van der Waals surface area contributed by atoms with Gasteiger partial charge in [0.15, 0.2) is 5.82 Å². The average molecular weight is 443 g/mol. The Morgan fingerprint density at radius 2 is 1.85 bits per heavy atom. The SMILES string of the molecule is Cc1cc(OCCN2CCOCC2)ccc1CCc1ccnc2c(N)nc3ccccc3c12. The molecular weight excluding hydrogens is 412 g/mol. The van der Waals surface area contributed by atoms with Gasteiger partial charge >= 0.3 is 0 Å². The Bertz CT molecular complexity index is 1270. The number of morpholine rings is 1. The molecule has 0 radical (unpaired) electrons. The molecular formula is C27H30N4O2. The van der Waals surface area contributed by atoms with Gasteiger partial charge in [0.25, 0.3) is 0 Å². The summed E-state index contributed by atoms with van der Waals surface area (Å²) >= 11 is 0. The van der Waals surface area contributed by atoms with E-state index in [1.807, 2.05) is 24.4 Å². The number of nitrogens with zero attached hydrogens (tertiary/aromatic N) is 3. The molecule has 5 rings (SSSR count). The molecule has 6 heteroatoms. The molecule has 0 atom stereocenters. The van der Waals surface area contributed by atoms with Gasteiger partial charge < -0.3 is 15.2 Å². The van der Waals surface area contributed by atoms with Gasteiger partial charge in [-0.05, 0) is 60.7 Å². The van der Waals surface area contributed by atoms with Gasteiger partial charge in [-0.25, -0.2) is 4.98 Å². The van der Waals surface area contributed by atoms with Gasteiger partial charge in [-0.2, -0.15) is 0 Å². The molecule has 0 unspecified atom stereocenters. The van der Waals surface area contributed by atoms with Crippen LogP contribution in [0, 0.1) is 6.92 Å². The lowest BCUT2D eigenvalue weighted by molar-refractivity contribution is 0.0322. The van der Waals surface area contributed by atoms with E-state index in [4.69, 9.17) is 15.2 Å². The van der Waals surface area contributed by atoms with Crippen LogP contribution in [0.25, 0.3) is 21.8 Å². The van der Waals surface area contributed by atoms with Gasteiger partial charge in [0.2, 0.25) is 0 Å². The zero-order valence-corrected chi connectivity index (χ0v) is 19.1. The molecule has 6 nitrogen and oxygen atoms in total.